The van der Waals surface area contributed by atoms with Crippen LogP contribution < -0.4 is 0 Å². The molecule has 1 aromatic heterocycles. The third-order valence-corrected chi connectivity index (χ3v) is 2.02. The van der Waals surface area contributed by atoms with Crippen LogP contribution >= 0.6 is 0 Å². The van der Waals surface area contributed by atoms with Gasteiger partial charge in [-0.2, -0.15) is 5.10 Å². The fourth-order valence-corrected chi connectivity index (χ4v) is 1.18. The molecule has 0 saturated heterocycles. The van der Waals surface area contributed by atoms with Gasteiger partial charge in [-0.3, -0.25) is 4.68 Å². The van der Waals surface area contributed by atoms with E-state index in [0.717, 1.165) is 17.0 Å². The number of aryl methyl sites for hydroxylation is 2. The van der Waals surface area contributed by atoms with Gasteiger partial charge >= 0.3 is 0 Å². The number of aliphatic hydroxyl groups excluding tert-OH is 1. The Balaban J connectivity index is 2.74. The van der Waals surface area contributed by atoms with Crippen molar-refractivity contribution in [2.24, 2.45) is 0 Å². The Labute approximate surface area is 78.7 Å². The fourth-order valence-electron chi connectivity index (χ4n) is 1.18. The largest absolute Gasteiger partial charge is 0.387 e. The van der Waals surface area contributed by atoms with E-state index in [-0.39, 0.29) is 0 Å². The second kappa shape index (κ2) is 3.75. The van der Waals surface area contributed by atoms with Crippen LogP contribution in [0.3, 0.4) is 0 Å². The molecule has 1 heterocycles. The van der Waals surface area contributed by atoms with Crippen molar-refractivity contribution in [3.8, 4) is 0 Å². The van der Waals surface area contributed by atoms with Crippen LogP contribution in [0.1, 0.15) is 18.3 Å². The summed E-state index contributed by atoms with van der Waals surface area (Å²) < 4.78 is 1.80. The van der Waals surface area contributed by atoms with Crippen LogP contribution in [-0.4, -0.2) is 21.0 Å². The lowest BCUT2D eigenvalue weighted by Crippen LogP contribution is -2.18. The van der Waals surface area contributed by atoms with Crippen molar-refractivity contribution in [3.05, 3.63) is 29.6 Å². The van der Waals surface area contributed by atoms with Gasteiger partial charge in [0.25, 0.3) is 0 Å². The summed E-state index contributed by atoms with van der Waals surface area (Å²) in [6, 6.07) is 1.99. The number of aliphatic hydroxyl groups is 1. The van der Waals surface area contributed by atoms with E-state index in [1.54, 1.807) is 4.68 Å². The number of hydrogen-bond acceptors (Lipinski definition) is 2. The van der Waals surface area contributed by atoms with Gasteiger partial charge in [0.2, 0.25) is 0 Å². The number of hydrogen-bond donors (Lipinski definition) is 1. The predicted molar refractivity (Wildman–Crippen MR) is 52.5 cm³/mol. The highest BCUT2D eigenvalue weighted by Gasteiger charge is 2.08. The molecule has 0 saturated carbocycles. The smallest absolute Gasteiger partial charge is 0.0940 e. The first-order chi connectivity index (χ1) is 6.00. The maximum Gasteiger partial charge on any atom is 0.0940 e. The minimum absolute atomic E-state index is 0.495. The Kier molecular flexibility index (Phi) is 2.88. The van der Waals surface area contributed by atoms with Gasteiger partial charge in [0, 0.05) is 5.69 Å². The van der Waals surface area contributed by atoms with E-state index < -0.39 is 6.10 Å². The van der Waals surface area contributed by atoms with Crippen molar-refractivity contribution >= 4 is 0 Å². The minimum atomic E-state index is -0.502. The van der Waals surface area contributed by atoms with Crippen molar-refractivity contribution < 1.29 is 5.11 Å². The van der Waals surface area contributed by atoms with Crippen molar-refractivity contribution in [1.82, 2.24) is 9.78 Å². The zero-order valence-electron chi connectivity index (χ0n) is 8.41. The third-order valence-electron chi connectivity index (χ3n) is 2.02. The maximum absolute atomic E-state index is 9.55. The summed E-state index contributed by atoms with van der Waals surface area (Å²) in [5.74, 6) is 0. The lowest BCUT2D eigenvalue weighted by molar-refractivity contribution is 0.183. The fraction of sp³-hybridized carbons (Fsp3) is 0.500. The number of nitrogens with zero attached hydrogens (tertiary/aromatic N) is 2. The Morgan fingerprint density at radius 3 is 2.69 bits per heavy atom. The Morgan fingerprint density at radius 2 is 2.31 bits per heavy atom. The molecule has 0 amide bonds. The minimum Gasteiger partial charge on any atom is -0.387 e. The first-order valence-corrected chi connectivity index (χ1v) is 4.35. The average molecular weight is 180 g/mol. The monoisotopic (exact) mass is 180 g/mol. The van der Waals surface area contributed by atoms with Gasteiger partial charge in [0.15, 0.2) is 0 Å². The van der Waals surface area contributed by atoms with Crippen molar-refractivity contribution in [2.75, 3.05) is 0 Å². The van der Waals surface area contributed by atoms with Crippen LogP contribution in [0.2, 0.25) is 0 Å². The zero-order valence-corrected chi connectivity index (χ0v) is 8.41. The standard InChI is InChI=1S/C10H16N2O/c1-7(2)10(13)6-12-9(4)5-8(3)11-12/h5,10,13H,1,6H2,2-4H3. The van der Waals surface area contributed by atoms with Crippen molar-refractivity contribution in [3.63, 3.8) is 0 Å². The van der Waals surface area contributed by atoms with Gasteiger partial charge in [0.05, 0.1) is 18.3 Å². The van der Waals surface area contributed by atoms with E-state index in [9.17, 15) is 5.11 Å². The van der Waals surface area contributed by atoms with E-state index >= 15 is 0 Å². The molecule has 72 valence electrons. The molecule has 0 fully saturated rings. The highest BCUT2D eigenvalue weighted by molar-refractivity contribution is 5.07. The van der Waals surface area contributed by atoms with E-state index in [1.807, 2.05) is 26.8 Å². The highest BCUT2D eigenvalue weighted by atomic mass is 16.3. The van der Waals surface area contributed by atoms with Gasteiger partial charge in [0.1, 0.15) is 0 Å². The van der Waals surface area contributed by atoms with Crippen LogP contribution in [0.4, 0.5) is 0 Å². The van der Waals surface area contributed by atoms with E-state index in [4.69, 9.17) is 0 Å². The molecule has 1 unspecified atom stereocenters. The van der Waals surface area contributed by atoms with Crippen molar-refractivity contribution in [1.29, 1.82) is 0 Å². The van der Waals surface area contributed by atoms with Gasteiger partial charge in [-0.25, -0.2) is 0 Å². The van der Waals surface area contributed by atoms with Gasteiger partial charge in [-0.05, 0) is 26.8 Å². The molecule has 1 atom stereocenters. The van der Waals surface area contributed by atoms with Gasteiger partial charge < -0.3 is 5.11 Å². The molecule has 0 aliphatic heterocycles. The molecule has 0 radical (unpaired) electrons. The summed E-state index contributed by atoms with van der Waals surface area (Å²) in [5.41, 5.74) is 2.82. The molecule has 0 bridgehead atoms. The first kappa shape index (κ1) is 9.99. The molecule has 3 heteroatoms. The third kappa shape index (κ3) is 2.42. The molecular formula is C10H16N2O. The molecule has 1 rings (SSSR count). The normalized spacial score (nSPS) is 12.9. The Bertz CT molecular complexity index is 315. The number of aromatic nitrogens is 2. The lowest BCUT2D eigenvalue weighted by Gasteiger charge is -2.11. The molecule has 0 aliphatic rings. The van der Waals surface area contributed by atoms with Crippen LogP contribution in [0.15, 0.2) is 18.2 Å². The van der Waals surface area contributed by atoms with Crippen LogP contribution in [0, 0.1) is 13.8 Å². The summed E-state index contributed by atoms with van der Waals surface area (Å²) in [5, 5.41) is 13.8. The molecule has 0 aliphatic carbocycles. The molecule has 13 heavy (non-hydrogen) atoms. The van der Waals surface area contributed by atoms with E-state index in [2.05, 4.69) is 11.7 Å². The van der Waals surface area contributed by atoms with Gasteiger partial charge in [-0.1, -0.05) is 12.2 Å². The van der Waals surface area contributed by atoms with Crippen LogP contribution in [0.5, 0.6) is 0 Å². The molecule has 3 nitrogen and oxygen atoms in total. The second-order valence-electron chi connectivity index (χ2n) is 3.47. The summed E-state index contributed by atoms with van der Waals surface area (Å²) in [4.78, 5) is 0. The predicted octanol–water partition coefficient (Wildman–Crippen LogP) is 1.44. The molecule has 0 aromatic carbocycles. The molecule has 1 aromatic rings. The summed E-state index contributed by atoms with van der Waals surface area (Å²) in [6.45, 7) is 9.93. The molecular weight excluding hydrogens is 164 g/mol. The van der Waals surface area contributed by atoms with Crippen LogP contribution in [-0.2, 0) is 6.54 Å². The lowest BCUT2D eigenvalue weighted by atomic mass is 10.2. The van der Waals surface area contributed by atoms with E-state index in [0.29, 0.717) is 6.54 Å². The Morgan fingerprint density at radius 1 is 1.69 bits per heavy atom. The van der Waals surface area contributed by atoms with E-state index in [1.165, 1.54) is 0 Å². The molecule has 1 N–H and O–H groups in total. The second-order valence-corrected chi connectivity index (χ2v) is 3.47. The first-order valence-electron chi connectivity index (χ1n) is 4.35. The van der Waals surface area contributed by atoms with Crippen molar-refractivity contribution in [2.45, 2.75) is 33.4 Å². The Hall–Kier alpha value is -1.09. The number of rotatable bonds is 3. The average Bonchev–Trinajstić information content (AvgIpc) is 2.30. The summed E-state index contributed by atoms with van der Waals surface area (Å²) >= 11 is 0. The quantitative estimate of drug-likeness (QED) is 0.715. The SMILES string of the molecule is C=C(C)C(O)Cn1nc(C)cc1C. The maximum atomic E-state index is 9.55. The topological polar surface area (TPSA) is 38.0 Å². The summed E-state index contributed by atoms with van der Waals surface area (Å²) in [7, 11) is 0. The van der Waals surface area contributed by atoms with Crippen LogP contribution in [0.25, 0.3) is 0 Å². The highest BCUT2D eigenvalue weighted by Crippen LogP contribution is 2.06. The zero-order chi connectivity index (χ0) is 10.0. The summed E-state index contributed by atoms with van der Waals surface area (Å²) in [6.07, 6.45) is -0.502. The van der Waals surface area contributed by atoms with Gasteiger partial charge in [-0.15, -0.1) is 0 Å². The molecule has 0 spiro atoms.